The van der Waals surface area contributed by atoms with E-state index in [0.717, 1.165) is 6.42 Å². The van der Waals surface area contributed by atoms with Crippen LogP contribution in [0.15, 0.2) is 37.0 Å². The Labute approximate surface area is 115 Å². The molecule has 5 heteroatoms. The zero-order valence-corrected chi connectivity index (χ0v) is 12.1. The Hall–Kier alpha value is -1.88. The molecule has 1 atom stereocenters. The van der Waals surface area contributed by atoms with E-state index < -0.39 is 17.9 Å². The molecule has 0 bridgehead atoms. The van der Waals surface area contributed by atoms with Crippen LogP contribution >= 0.6 is 0 Å². The molecular weight excluding hydrogens is 244 g/mol. The number of carbonyl (C=O) groups is 2. The van der Waals surface area contributed by atoms with E-state index in [-0.39, 0.29) is 0 Å². The molecule has 0 aromatic heterocycles. The van der Waals surface area contributed by atoms with Gasteiger partial charge in [-0.1, -0.05) is 58.6 Å². The number of hydrogen-bond acceptors (Lipinski definition) is 3. The van der Waals surface area contributed by atoms with Crippen molar-refractivity contribution in [2.75, 3.05) is 0 Å². The molecule has 0 radical (unpaired) electrons. The first-order valence-corrected chi connectivity index (χ1v) is 6.14. The molecule has 110 valence electrons. The van der Waals surface area contributed by atoms with Gasteiger partial charge in [0.25, 0.3) is 0 Å². The second kappa shape index (κ2) is 16.1. The number of carbonyl (C=O) groups excluding carboxylic acids is 1. The fourth-order valence-corrected chi connectivity index (χ4v) is 0.812. The number of aliphatic carboxylic acids is 1. The van der Waals surface area contributed by atoms with E-state index in [4.69, 9.17) is 16.6 Å². The summed E-state index contributed by atoms with van der Waals surface area (Å²) in [6.07, 6.45) is 5.78. The van der Waals surface area contributed by atoms with E-state index in [1.165, 1.54) is 18.2 Å². The maximum Gasteiger partial charge on any atom is 0.320 e. The third kappa shape index (κ3) is 16.1. The Kier molecular flexibility index (Phi) is 18.9. The molecule has 0 fully saturated rings. The van der Waals surface area contributed by atoms with Crippen LogP contribution in [0.2, 0.25) is 0 Å². The minimum atomic E-state index is -0.910. The lowest BCUT2D eigenvalue weighted by atomic mass is 10.2. The van der Waals surface area contributed by atoms with Crippen LogP contribution in [0.4, 0.5) is 0 Å². The van der Waals surface area contributed by atoms with Gasteiger partial charge in [0.2, 0.25) is 5.91 Å². The van der Waals surface area contributed by atoms with Gasteiger partial charge in [0, 0.05) is 5.57 Å². The van der Waals surface area contributed by atoms with Crippen LogP contribution in [-0.4, -0.2) is 23.0 Å². The standard InChI is InChI=1S/C7H9NO.C5H11NO2.C2H6/c1-3-5-6(4-2)7(8)9;1-2-3-4(6)5(7)8;1-2/h3-5H,1-2H2,(H2,8,9);4H,2-3,6H2,1H3,(H,7,8);1-2H3/b6-5+;;. The average molecular weight is 270 g/mol. The third-order valence-corrected chi connectivity index (χ3v) is 1.72. The van der Waals surface area contributed by atoms with Gasteiger partial charge >= 0.3 is 5.97 Å². The Morgan fingerprint density at radius 3 is 1.89 bits per heavy atom. The highest BCUT2D eigenvalue weighted by Gasteiger charge is 2.07. The zero-order valence-electron chi connectivity index (χ0n) is 12.1. The number of carboxylic acids is 1. The first-order valence-electron chi connectivity index (χ1n) is 6.14. The average Bonchev–Trinajstić information content (AvgIpc) is 2.38. The molecule has 0 rings (SSSR count). The van der Waals surface area contributed by atoms with Crippen molar-refractivity contribution < 1.29 is 14.7 Å². The van der Waals surface area contributed by atoms with E-state index in [1.807, 2.05) is 20.8 Å². The van der Waals surface area contributed by atoms with Crippen molar-refractivity contribution in [1.82, 2.24) is 0 Å². The molecule has 0 aromatic rings. The van der Waals surface area contributed by atoms with Crippen LogP contribution in [0.1, 0.15) is 33.6 Å². The summed E-state index contributed by atoms with van der Waals surface area (Å²) in [6.45, 7) is 12.7. The van der Waals surface area contributed by atoms with Gasteiger partial charge in [-0.2, -0.15) is 0 Å². The highest BCUT2D eigenvalue weighted by Crippen LogP contribution is 1.92. The Morgan fingerprint density at radius 1 is 1.32 bits per heavy atom. The van der Waals surface area contributed by atoms with Gasteiger partial charge in [0.15, 0.2) is 0 Å². The quantitative estimate of drug-likeness (QED) is 0.507. The topological polar surface area (TPSA) is 106 Å². The van der Waals surface area contributed by atoms with Gasteiger partial charge in [-0.05, 0) is 6.42 Å². The number of amides is 1. The van der Waals surface area contributed by atoms with Gasteiger partial charge in [0.05, 0.1) is 0 Å². The second-order valence-electron chi connectivity index (χ2n) is 3.16. The predicted octanol–water partition coefficient (Wildman–Crippen LogP) is 1.99. The van der Waals surface area contributed by atoms with Crippen LogP contribution in [0.3, 0.4) is 0 Å². The first kappa shape index (κ1) is 22.3. The van der Waals surface area contributed by atoms with Crippen molar-refractivity contribution >= 4 is 11.9 Å². The lowest BCUT2D eigenvalue weighted by molar-refractivity contribution is -0.138. The number of rotatable bonds is 6. The van der Waals surface area contributed by atoms with Crippen molar-refractivity contribution in [2.24, 2.45) is 11.5 Å². The van der Waals surface area contributed by atoms with Crippen molar-refractivity contribution in [1.29, 1.82) is 0 Å². The first-order chi connectivity index (χ1) is 8.90. The summed E-state index contributed by atoms with van der Waals surface area (Å²) in [5.74, 6) is -1.39. The van der Waals surface area contributed by atoms with Crippen molar-refractivity contribution in [3.63, 3.8) is 0 Å². The zero-order chi connectivity index (χ0) is 15.8. The van der Waals surface area contributed by atoms with E-state index >= 15 is 0 Å². The minimum absolute atomic E-state index is 0.380. The molecule has 1 amide bonds. The number of carboxylic acid groups (broad SMARTS) is 1. The minimum Gasteiger partial charge on any atom is -0.480 e. The maximum absolute atomic E-state index is 10.4. The number of nitrogens with two attached hydrogens (primary N) is 2. The fraction of sp³-hybridized carbons (Fsp3) is 0.429. The fourth-order valence-electron chi connectivity index (χ4n) is 0.812. The third-order valence-electron chi connectivity index (χ3n) is 1.72. The van der Waals surface area contributed by atoms with Gasteiger partial charge in [-0.3, -0.25) is 9.59 Å². The van der Waals surface area contributed by atoms with E-state index in [2.05, 4.69) is 13.2 Å². The van der Waals surface area contributed by atoms with Gasteiger partial charge < -0.3 is 16.6 Å². The van der Waals surface area contributed by atoms with E-state index in [1.54, 1.807) is 0 Å². The summed E-state index contributed by atoms with van der Waals surface area (Å²) in [5.41, 5.74) is 10.4. The highest BCUT2D eigenvalue weighted by molar-refractivity contribution is 5.94. The summed E-state index contributed by atoms with van der Waals surface area (Å²) in [5, 5.41) is 8.19. The van der Waals surface area contributed by atoms with E-state index in [0.29, 0.717) is 12.0 Å². The maximum atomic E-state index is 10.4. The molecule has 1 unspecified atom stereocenters. The Balaban J connectivity index is -0.000000239. The lowest BCUT2D eigenvalue weighted by Gasteiger charge is -2.00. The van der Waals surface area contributed by atoms with Crippen LogP contribution in [0, 0.1) is 0 Å². The molecule has 5 N–H and O–H groups in total. The molecule has 0 aliphatic carbocycles. The molecule has 19 heavy (non-hydrogen) atoms. The molecule has 0 heterocycles. The molecule has 0 saturated heterocycles. The van der Waals surface area contributed by atoms with Crippen molar-refractivity contribution in [3.8, 4) is 0 Å². The molecule has 0 aliphatic rings. The molecular formula is C14H26N2O3. The van der Waals surface area contributed by atoms with Crippen molar-refractivity contribution in [3.05, 3.63) is 37.0 Å². The number of allylic oxidation sites excluding steroid dienone is 2. The second-order valence-corrected chi connectivity index (χ2v) is 3.16. The normalized spacial score (nSPS) is 10.8. The monoisotopic (exact) mass is 270 g/mol. The number of hydrogen-bond donors (Lipinski definition) is 3. The lowest BCUT2D eigenvalue weighted by Crippen LogP contribution is -2.29. The van der Waals surface area contributed by atoms with Crippen LogP contribution in [0.5, 0.6) is 0 Å². The van der Waals surface area contributed by atoms with Gasteiger partial charge in [-0.25, -0.2) is 0 Å². The Bertz CT molecular complexity index is 310. The summed E-state index contributed by atoms with van der Waals surface area (Å²) < 4.78 is 0. The smallest absolute Gasteiger partial charge is 0.320 e. The summed E-state index contributed by atoms with van der Waals surface area (Å²) in [4.78, 5) is 20.3. The molecule has 0 saturated carbocycles. The molecule has 0 aliphatic heterocycles. The van der Waals surface area contributed by atoms with Crippen molar-refractivity contribution in [2.45, 2.75) is 39.7 Å². The highest BCUT2D eigenvalue weighted by atomic mass is 16.4. The van der Waals surface area contributed by atoms with Crippen LogP contribution in [0.25, 0.3) is 0 Å². The summed E-state index contributed by atoms with van der Waals surface area (Å²) >= 11 is 0. The summed E-state index contributed by atoms with van der Waals surface area (Å²) in [6, 6.07) is -0.667. The largest absolute Gasteiger partial charge is 0.480 e. The van der Waals surface area contributed by atoms with Gasteiger partial charge in [-0.15, -0.1) is 0 Å². The van der Waals surface area contributed by atoms with E-state index in [9.17, 15) is 9.59 Å². The van der Waals surface area contributed by atoms with Crippen LogP contribution < -0.4 is 11.5 Å². The molecule has 5 nitrogen and oxygen atoms in total. The summed E-state index contributed by atoms with van der Waals surface area (Å²) in [7, 11) is 0. The Morgan fingerprint density at radius 2 is 1.79 bits per heavy atom. The molecule has 0 aromatic carbocycles. The SMILES string of the molecule is C=C/C=C(\C=C)C(N)=O.CC.CCCC(N)C(=O)O. The van der Waals surface area contributed by atoms with Gasteiger partial charge in [0.1, 0.15) is 6.04 Å². The number of primary amides is 1. The molecule has 0 spiro atoms. The predicted molar refractivity (Wildman–Crippen MR) is 79.5 cm³/mol. The van der Waals surface area contributed by atoms with Crippen LogP contribution in [-0.2, 0) is 9.59 Å².